The zero-order valence-electron chi connectivity index (χ0n) is 20.4. The molecule has 0 saturated carbocycles. The van der Waals surface area contributed by atoms with Crippen LogP contribution in [0.2, 0.25) is 0 Å². The molecule has 2 aromatic rings. The van der Waals surface area contributed by atoms with Gasteiger partial charge in [-0.15, -0.1) is 0 Å². The highest BCUT2D eigenvalue weighted by Crippen LogP contribution is 2.30. The van der Waals surface area contributed by atoms with Gasteiger partial charge < -0.3 is 19.7 Å². The van der Waals surface area contributed by atoms with Gasteiger partial charge in [-0.3, -0.25) is 9.69 Å². The number of carbonyl (C=O) groups is 1. The summed E-state index contributed by atoms with van der Waals surface area (Å²) in [4.78, 5) is 18.1. The van der Waals surface area contributed by atoms with Gasteiger partial charge in [0.1, 0.15) is 0 Å². The van der Waals surface area contributed by atoms with E-state index in [0.717, 1.165) is 31.5 Å². The molecule has 6 heteroatoms. The van der Waals surface area contributed by atoms with Crippen molar-refractivity contribution in [2.24, 2.45) is 0 Å². The average Bonchev–Trinajstić information content (AvgIpc) is 3.15. The standard InChI is InChI=1S/C27H37N3O3/c1-19-6-5-7-21-17-30(18-23-11-10-22(29(23)2)14-15-28-27(19)21)26(31)13-9-20-8-12-24(32-3)25(16-20)33-4/h5-8,12,16,22-23,28H,9-11,13-15,17-18H2,1-4H3. The van der Waals surface area contributed by atoms with E-state index in [1.54, 1.807) is 14.2 Å². The van der Waals surface area contributed by atoms with Crippen molar-refractivity contribution < 1.29 is 14.3 Å². The molecule has 1 fully saturated rings. The van der Waals surface area contributed by atoms with Crippen LogP contribution < -0.4 is 14.8 Å². The third-order valence-corrected chi connectivity index (χ3v) is 7.34. The Morgan fingerprint density at radius 2 is 1.85 bits per heavy atom. The predicted octanol–water partition coefficient (Wildman–Crippen LogP) is 4.25. The van der Waals surface area contributed by atoms with Gasteiger partial charge in [0.05, 0.1) is 14.2 Å². The van der Waals surface area contributed by atoms with Crippen LogP contribution in [0.25, 0.3) is 0 Å². The number of para-hydroxylation sites is 1. The Kier molecular flexibility index (Phi) is 7.43. The number of carbonyl (C=O) groups excluding carboxylic acids is 1. The van der Waals surface area contributed by atoms with E-state index in [0.29, 0.717) is 43.0 Å². The van der Waals surface area contributed by atoms with Gasteiger partial charge in [0, 0.05) is 43.8 Å². The number of fused-ring (bicyclic) bond motifs is 3. The summed E-state index contributed by atoms with van der Waals surface area (Å²) in [7, 11) is 5.50. The first kappa shape index (κ1) is 23.4. The van der Waals surface area contributed by atoms with Crippen LogP contribution in [0.3, 0.4) is 0 Å². The first-order valence-electron chi connectivity index (χ1n) is 12.0. The Bertz CT molecular complexity index is 977. The summed E-state index contributed by atoms with van der Waals surface area (Å²) in [6, 6.07) is 13.3. The lowest BCUT2D eigenvalue weighted by molar-refractivity contribution is -0.132. The van der Waals surface area contributed by atoms with Crippen LogP contribution in [0.1, 0.15) is 42.4 Å². The second-order valence-corrected chi connectivity index (χ2v) is 9.34. The normalized spacial score (nSPS) is 21.0. The molecule has 2 heterocycles. The number of nitrogens with one attached hydrogen (secondary N) is 1. The van der Waals surface area contributed by atoms with E-state index in [9.17, 15) is 4.79 Å². The van der Waals surface area contributed by atoms with Crippen molar-refractivity contribution in [3.63, 3.8) is 0 Å². The zero-order chi connectivity index (χ0) is 23.4. The Labute approximate surface area is 197 Å². The Morgan fingerprint density at radius 3 is 2.64 bits per heavy atom. The summed E-state index contributed by atoms with van der Waals surface area (Å²) in [5.41, 5.74) is 4.71. The van der Waals surface area contributed by atoms with Crippen molar-refractivity contribution in [1.29, 1.82) is 0 Å². The van der Waals surface area contributed by atoms with Crippen molar-refractivity contribution in [3.8, 4) is 11.5 Å². The minimum atomic E-state index is 0.202. The fourth-order valence-corrected chi connectivity index (χ4v) is 5.30. The Morgan fingerprint density at radius 1 is 1.06 bits per heavy atom. The van der Waals surface area contributed by atoms with Gasteiger partial charge in [-0.1, -0.05) is 24.3 Å². The highest BCUT2D eigenvalue weighted by molar-refractivity contribution is 5.77. The molecule has 0 aliphatic carbocycles. The van der Waals surface area contributed by atoms with E-state index in [-0.39, 0.29) is 5.91 Å². The zero-order valence-corrected chi connectivity index (χ0v) is 20.4. The third-order valence-electron chi connectivity index (χ3n) is 7.34. The smallest absolute Gasteiger partial charge is 0.223 e. The number of benzene rings is 2. The quantitative estimate of drug-likeness (QED) is 0.737. The number of methoxy groups -OCH3 is 2. The van der Waals surface area contributed by atoms with Gasteiger partial charge >= 0.3 is 0 Å². The van der Waals surface area contributed by atoms with Gasteiger partial charge in [-0.2, -0.15) is 0 Å². The lowest BCUT2D eigenvalue weighted by Gasteiger charge is -2.31. The van der Waals surface area contributed by atoms with Crippen LogP contribution in [-0.2, 0) is 17.8 Å². The summed E-state index contributed by atoms with van der Waals surface area (Å²) in [6.45, 7) is 4.54. The molecule has 178 valence electrons. The number of aryl methyl sites for hydroxylation is 2. The molecule has 6 nitrogen and oxygen atoms in total. The van der Waals surface area contributed by atoms with Crippen LogP contribution in [0, 0.1) is 6.92 Å². The van der Waals surface area contributed by atoms with E-state index in [2.05, 4.69) is 47.3 Å². The highest BCUT2D eigenvalue weighted by Gasteiger charge is 2.33. The maximum atomic E-state index is 13.5. The van der Waals surface area contributed by atoms with Crippen LogP contribution in [-0.4, -0.2) is 62.1 Å². The summed E-state index contributed by atoms with van der Waals surface area (Å²) in [5, 5.41) is 3.68. The molecule has 2 aliphatic rings. The van der Waals surface area contributed by atoms with Gasteiger partial charge in [-0.25, -0.2) is 0 Å². The van der Waals surface area contributed by atoms with Crippen LogP contribution in [0.15, 0.2) is 36.4 Å². The number of anilines is 1. The Balaban J connectivity index is 1.54. The first-order valence-corrected chi connectivity index (χ1v) is 12.0. The average molecular weight is 452 g/mol. The van der Waals surface area contributed by atoms with E-state index < -0.39 is 0 Å². The van der Waals surface area contributed by atoms with E-state index in [1.807, 2.05) is 18.2 Å². The second kappa shape index (κ2) is 10.5. The maximum Gasteiger partial charge on any atom is 0.223 e. The minimum absolute atomic E-state index is 0.202. The number of hydrogen-bond acceptors (Lipinski definition) is 5. The van der Waals surface area contributed by atoms with Crippen LogP contribution >= 0.6 is 0 Å². The van der Waals surface area contributed by atoms with E-state index in [1.165, 1.54) is 23.2 Å². The third kappa shape index (κ3) is 5.27. The van der Waals surface area contributed by atoms with Gasteiger partial charge in [-0.05, 0) is 68.5 Å². The van der Waals surface area contributed by atoms with E-state index in [4.69, 9.17) is 9.47 Å². The molecule has 2 aromatic carbocycles. The molecular weight excluding hydrogens is 414 g/mol. The first-order chi connectivity index (χ1) is 16.0. The number of amides is 1. The van der Waals surface area contributed by atoms with Crippen molar-refractivity contribution in [3.05, 3.63) is 53.1 Å². The van der Waals surface area contributed by atoms with Gasteiger partial charge in [0.2, 0.25) is 5.91 Å². The second-order valence-electron chi connectivity index (χ2n) is 9.34. The predicted molar refractivity (Wildman–Crippen MR) is 132 cm³/mol. The molecule has 2 unspecified atom stereocenters. The SMILES string of the molecule is COc1ccc(CCC(=O)N2Cc3cccc(C)c3NCCC3CCC(C2)N3C)cc1OC. The molecule has 1 N–H and O–H groups in total. The van der Waals surface area contributed by atoms with E-state index >= 15 is 0 Å². The number of rotatable bonds is 5. The molecule has 1 amide bonds. The van der Waals surface area contributed by atoms with Crippen molar-refractivity contribution >= 4 is 11.6 Å². The number of ether oxygens (including phenoxy) is 2. The van der Waals surface area contributed by atoms with Crippen LogP contribution in [0.4, 0.5) is 5.69 Å². The van der Waals surface area contributed by atoms with Crippen molar-refractivity contribution in [2.45, 2.75) is 57.7 Å². The number of likely N-dealkylation sites (N-methyl/N-ethyl adjacent to an activating group) is 1. The van der Waals surface area contributed by atoms with Gasteiger partial charge in [0.25, 0.3) is 0 Å². The maximum absolute atomic E-state index is 13.5. The fourth-order valence-electron chi connectivity index (χ4n) is 5.30. The molecule has 2 atom stereocenters. The monoisotopic (exact) mass is 451 g/mol. The molecule has 2 aliphatic heterocycles. The summed E-state index contributed by atoms with van der Waals surface area (Å²) >= 11 is 0. The molecule has 2 bridgehead atoms. The van der Waals surface area contributed by atoms with Crippen molar-refractivity contribution in [2.75, 3.05) is 39.7 Å². The molecule has 0 spiro atoms. The summed E-state index contributed by atoms with van der Waals surface area (Å²) in [6.07, 6.45) is 4.65. The topological polar surface area (TPSA) is 54.0 Å². The number of nitrogens with zero attached hydrogens (tertiary/aromatic N) is 2. The van der Waals surface area contributed by atoms with Crippen molar-refractivity contribution in [1.82, 2.24) is 9.80 Å². The highest BCUT2D eigenvalue weighted by atomic mass is 16.5. The fraction of sp³-hybridized carbons (Fsp3) is 0.519. The lowest BCUT2D eigenvalue weighted by Crippen LogP contribution is -2.43. The summed E-state index contributed by atoms with van der Waals surface area (Å²) < 4.78 is 10.8. The van der Waals surface area contributed by atoms with Gasteiger partial charge in [0.15, 0.2) is 11.5 Å². The Hall–Kier alpha value is -2.73. The summed E-state index contributed by atoms with van der Waals surface area (Å²) in [5.74, 6) is 1.61. The molecule has 33 heavy (non-hydrogen) atoms. The minimum Gasteiger partial charge on any atom is -0.493 e. The molecule has 0 aromatic heterocycles. The molecule has 1 saturated heterocycles. The largest absolute Gasteiger partial charge is 0.493 e. The molecule has 4 rings (SSSR count). The molecular formula is C27H37N3O3. The van der Waals surface area contributed by atoms with Crippen LogP contribution in [0.5, 0.6) is 11.5 Å². The number of hydrogen-bond donors (Lipinski definition) is 1. The lowest BCUT2D eigenvalue weighted by atomic mass is 10.0. The molecule has 0 radical (unpaired) electrons.